The van der Waals surface area contributed by atoms with E-state index in [9.17, 15) is 8.78 Å². The molecule has 0 saturated heterocycles. The van der Waals surface area contributed by atoms with E-state index in [1.165, 1.54) is 23.9 Å². The molecule has 3 N–H and O–H groups in total. The van der Waals surface area contributed by atoms with Gasteiger partial charge in [-0.15, -0.1) is 11.8 Å². The predicted octanol–water partition coefficient (Wildman–Crippen LogP) is 4.68. The monoisotopic (exact) mass is 392 g/mol. The van der Waals surface area contributed by atoms with Crippen LogP contribution in [0.25, 0.3) is 0 Å². The summed E-state index contributed by atoms with van der Waals surface area (Å²) in [5.41, 5.74) is 2.93. The lowest BCUT2D eigenvalue weighted by Crippen LogP contribution is -2.30. The molecule has 2 rings (SSSR count). The smallest absolute Gasteiger partial charge is 0.147 e. The van der Waals surface area contributed by atoms with Gasteiger partial charge in [-0.2, -0.15) is 0 Å². The Morgan fingerprint density at radius 2 is 2.05 bits per heavy atom. The van der Waals surface area contributed by atoms with Gasteiger partial charge in [0.1, 0.15) is 11.6 Å². The van der Waals surface area contributed by atoms with Crippen molar-refractivity contribution < 1.29 is 8.78 Å². The van der Waals surface area contributed by atoms with Gasteiger partial charge < -0.3 is 0 Å². The minimum atomic E-state index is -0.520. The molecule has 2 aromatic carbocycles. The zero-order valence-electron chi connectivity index (χ0n) is 10.7. The number of halogens is 4. The van der Waals surface area contributed by atoms with Gasteiger partial charge in [0.2, 0.25) is 0 Å². The largest absolute Gasteiger partial charge is 0.271 e. The molecule has 0 aliphatic carbocycles. The molecule has 21 heavy (non-hydrogen) atoms. The number of benzene rings is 2. The standard InChI is InChI=1S/C14H12BrClF2N2S/c15-11-5-4-10(14(18)13(11)16)12(20-19)7-21-9-3-1-2-8(17)6-9/h1-6,12,20H,7,19H2. The van der Waals surface area contributed by atoms with Crippen molar-refractivity contribution in [2.45, 2.75) is 10.9 Å². The van der Waals surface area contributed by atoms with Gasteiger partial charge in [0.15, 0.2) is 0 Å². The van der Waals surface area contributed by atoms with Crippen molar-refractivity contribution in [2.24, 2.45) is 5.84 Å². The van der Waals surface area contributed by atoms with E-state index >= 15 is 0 Å². The second kappa shape index (κ2) is 7.56. The third-order valence-corrected chi connectivity index (χ3v) is 5.20. The fourth-order valence-corrected chi connectivity index (χ4v) is 3.26. The van der Waals surface area contributed by atoms with Gasteiger partial charge in [-0.1, -0.05) is 23.7 Å². The van der Waals surface area contributed by atoms with Crippen LogP contribution in [-0.2, 0) is 0 Å². The number of rotatable bonds is 5. The van der Waals surface area contributed by atoms with E-state index in [4.69, 9.17) is 17.4 Å². The summed E-state index contributed by atoms with van der Waals surface area (Å²) in [6.07, 6.45) is 0. The van der Waals surface area contributed by atoms with E-state index in [1.54, 1.807) is 24.3 Å². The average molecular weight is 394 g/mol. The molecule has 7 heteroatoms. The molecule has 0 heterocycles. The molecular formula is C14H12BrClF2N2S. The Balaban J connectivity index is 2.15. The molecule has 2 nitrogen and oxygen atoms in total. The number of hydrogen-bond donors (Lipinski definition) is 2. The van der Waals surface area contributed by atoms with E-state index in [0.29, 0.717) is 15.8 Å². The summed E-state index contributed by atoms with van der Waals surface area (Å²) in [5, 5.41) is 0.0171. The van der Waals surface area contributed by atoms with Crippen LogP contribution < -0.4 is 11.3 Å². The van der Waals surface area contributed by atoms with Crippen LogP contribution >= 0.6 is 39.3 Å². The van der Waals surface area contributed by atoms with Crippen LogP contribution in [0, 0.1) is 11.6 Å². The lowest BCUT2D eigenvalue weighted by Gasteiger charge is -2.17. The molecule has 1 unspecified atom stereocenters. The Labute approximate surface area is 139 Å². The summed E-state index contributed by atoms with van der Waals surface area (Å²) in [6.45, 7) is 0. The van der Waals surface area contributed by atoms with Crippen LogP contribution in [0.2, 0.25) is 5.02 Å². The number of thioether (sulfide) groups is 1. The van der Waals surface area contributed by atoms with Crippen LogP contribution in [0.3, 0.4) is 0 Å². The van der Waals surface area contributed by atoms with Crippen molar-refractivity contribution in [3.8, 4) is 0 Å². The lowest BCUT2D eigenvalue weighted by molar-refractivity contribution is 0.546. The number of hydrogen-bond acceptors (Lipinski definition) is 3. The quantitative estimate of drug-likeness (QED) is 0.335. The highest BCUT2D eigenvalue weighted by atomic mass is 79.9. The van der Waals surface area contributed by atoms with Gasteiger partial charge in [-0.3, -0.25) is 11.3 Å². The molecule has 0 fully saturated rings. The zero-order chi connectivity index (χ0) is 15.4. The Morgan fingerprint density at radius 3 is 2.71 bits per heavy atom. The molecule has 0 aromatic heterocycles. The van der Waals surface area contributed by atoms with E-state index in [0.717, 1.165) is 4.90 Å². The highest BCUT2D eigenvalue weighted by Crippen LogP contribution is 2.32. The summed E-state index contributed by atoms with van der Waals surface area (Å²) in [7, 11) is 0. The van der Waals surface area contributed by atoms with E-state index in [1.807, 2.05) is 0 Å². The second-order valence-electron chi connectivity index (χ2n) is 4.25. The Morgan fingerprint density at radius 1 is 1.29 bits per heavy atom. The van der Waals surface area contributed by atoms with Gasteiger partial charge in [-0.25, -0.2) is 8.78 Å². The van der Waals surface area contributed by atoms with Gasteiger partial charge in [0.05, 0.1) is 11.1 Å². The minimum absolute atomic E-state index is 0.0171. The summed E-state index contributed by atoms with van der Waals surface area (Å²) in [4.78, 5) is 0.749. The fourth-order valence-electron chi connectivity index (χ4n) is 1.77. The van der Waals surface area contributed by atoms with Gasteiger partial charge >= 0.3 is 0 Å². The molecule has 0 spiro atoms. The van der Waals surface area contributed by atoms with Crippen molar-refractivity contribution in [2.75, 3.05) is 5.75 Å². The van der Waals surface area contributed by atoms with Crippen LogP contribution in [0.4, 0.5) is 8.78 Å². The molecule has 112 valence electrons. The summed E-state index contributed by atoms with van der Waals surface area (Å²) in [5.74, 6) is 5.11. The van der Waals surface area contributed by atoms with Gasteiger partial charge in [0, 0.05) is 20.7 Å². The number of nitrogens with one attached hydrogen (secondary N) is 1. The third-order valence-electron chi connectivity index (χ3n) is 2.85. The zero-order valence-corrected chi connectivity index (χ0v) is 13.9. The molecule has 2 aromatic rings. The van der Waals surface area contributed by atoms with E-state index < -0.39 is 11.9 Å². The van der Waals surface area contributed by atoms with Crippen LogP contribution in [0.15, 0.2) is 45.8 Å². The van der Waals surface area contributed by atoms with Crippen LogP contribution in [0.1, 0.15) is 11.6 Å². The topological polar surface area (TPSA) is 38.0 Å². The van der Waals surface area contributed by atoms with E-state index in [2.05, 4.69) is 21.4 Å². The normalized spacial score (nSPS) is 12.4. The van der Waals surface area contributed by atoms with Crippen LogP contribution in [-0.4, -0.2) is 5.75 Å². The molecule has 1 atom stereocenters. The maximum atomic E-state index is 14.2. The average Bonchev–Trinajstić information content (AvgIpc) is 2.47. The highest BCUT2D eigenvalue weighted by molar-refractivity contribution is 9.10. The Kier molecular flexibility index (Phi) is 6.01. The van der Waals surface area contributed by atoms with Gasteiger partial charge in [0.25, 0.3) is 0 Å². The molecule has 0 bridgehead atoms. The van der Waals surface area contributed by atoms with Crippen molar-refractivity contribution >= 4 is 39.3 Å². The molecule has 0 aliphatic heterocycles. The molecule has 0 amide bonds. The molecule has 0 saturated carbocycles. The van der Waals surface area contributed by atoms with E-state index in [-0.39, 0.29) is 10.8 Å². The van der Waals surface area contributed by atoms with Gasteiger partial charge in [-0.05, 0) is 40.2 Å². The van der Waals surface area contributed by atoms with Crippen molar-refractivity contribution in [3.63, 3.8) is 0 Å². The number of nitrogens with two attached hydrogens (primary N) is 1. The first-order valence-electron chi connectivity index (χ1n) is 6.01. The summed E-state index contributed by atoms with van der Waals surface area (Å²) in [6, 6.07) is 9.04. The first-order chi connectivity index (χ1) is 10.0. The minimum Gasteiger partial charge on any atom is -0.271 e. The first-order valence-corrected chi connectivity index (χ1v) is 8.16. The van der Waals surface area contributed by atoms with Crippen molar-refractivity contribution in [1.82, 2.24) is 5.43 Å². The maximum absolute atomic E-state index is 14.2. The van der Waals surface area contributed by atoms with Crippen molar-refractivity contribution in [1.29, 1.82) is 0 Å². The molecular weight excluding hydrogens is 382 g/mol. The Bertz CT molecular complexity index is 642. The SMILES string of the molecule is NNC(CSc1cccc(F)c1)c1ccc(Br)c(Cl)c1F. The Hall–Kier alpha value is -0.660. The number of hydrazine groups is 1. The third kappa shape index (κ3) is 4.17. The van der Waals surface area contributed by atoms with Crippen LogP contribution in [0.5, 0.6) is 0 Å². The molecule has 0 aliphatic rings. The summed E-state index contributed by atoms with van der Waals surface area (Å²) < 4.78 is 27.8. The summed E-state index contributed by atoms with van der Waals surface area (Å²) >= 11 is 10.4. The van der Waals surface area contributed by atoms with Crippen molar-refractivity contribution in [3.05, 3.63) is 63.1 Å². The first kappa shape index (κ1) is 16.7. The fraction of sp³-hybridized carbons (Fsp3) is 0.143. The highest BCUT2D eigenvalue weighted by Gasteiger charge is 2.18. The maximum Gasteiger partial charge on any atom is 0.147 e. The predicted molar refractivity (Wildman–Crippen MR) is 86.3 cm³/mol. The second-order valence-corrected chi connectivity index (χ2v) is 6.58. The lowest BCUT2D eigenvalue weighted by atomic mass is 10.1. The molecule has 0 radical (unpaired) electrons.